The third kappa shape index (κ3) is 13.2. The normalized spacial score (nSPS) is 17.5. The highest BCUT2D eigenvalue weighted by atomic mass is 32.2. The number of aromatic nitrogens is 2. The number of nitrogens with one attached hydrogen (secondary N) is 1. The zero-order chi connectivity index (χ0) is 40.8. The first-order valence-electron chi connectivity index (χ1n) is 17.3. The number of halogens is 9. The third-order valence-electron chi connectivity index (χ3n) is 9.46. The lowest BCUT2D eigenvalue weighted by Gasteiger charge is -2.31. The molecule has 1 heterocycles. The van der Waals surface area contributed by atoms with E-state index in [0.717, 1.165) is 56.5 Å². The molecular weight excluding hydrogens is 771 g/mol. The number of carboxylic acids is 1. The zero-order valence-corrected chi connectivity index (χ0v) is 30.7. The Kier molecular flexibility index (Phi) is 14.1. The van der Waals surface area contributed by atoms with Gasteiger partial charge in [-0.25, -0.2) is 18.4 Å². The number of rotatable bonds is 16. The van der Waals surface area contributed by atoms with E-state index in [1.807, 2.05) is 0 Å². The Hall–Kier alpha value is -4.13. The van der Waals surface area contributed by atoms with Gasteiger partial charge in [-0.15, -0.1) is 0 Å². The molecule has 0 bridgehead atoms. The minimum atomic E-state index is -5.17. The van der Waals surface area contributed by atoms with Crippen LogP contribution >= 0.6 is 0 Å². The largest absolute Gasteiger partial charge is 0.489 e. The first-order valence-corrected chi connectivity index (χ1v) is 19.4. The number of aliphatic carboxylic acids is 1. The molecule has 1 aromatic heterocycles. The van der Waals surface area contributed by atoms with Crippen molar-refractivity contribution in [2.24, 2.45) is 11.8 Å². The molecule has 1 aliphatic carbocycles. The maximum atomic E-state index is 14.0. The number of carbonyl (C=O) groups is 1. The van der Waals surface area contributed by atoms with E-state index in [4.69, 9.17) is 9.84 Å². The molecule has 304 valence electrons. The molecule has 55 heavy (non-hydrogen) atoms. The molecule has 1 unspecified atom stereocenters. The van der Waals surface area contributed by atoms with Crippen molar-refractivity contribution >= 4 is 21.8 Å². The van der Waals surface area contributed by atoms with Gasteiger partial charge in [0.1, 0.15) is 6.61 Å². The van der Waals surface area contributed by atoms with Crippen LogP contribution in [-0.4, -0.2) is 61.2 Å². The summed E-state index contributed by atoms with van der Waals surface area (Å²) < 4.78 is 153. The topological polar surface area (TPSA) is 122 Å². The van der Waals surface area contributed by atoms with E-state index in [2.05, 4.69) is 15.3 Å². The number of sulfone groups is 1. The smallest absolute Gasteiger partial charge is 0.416 e. The summed E-state index contributed by atoms with van der Waals surface area (Å²) in [6, 6.07) is 2.69. The fourth-order valence-corrected chi connectivity index (χ4v) is 6.80. The molecule has 9 nitrogen and oxygen atoms in total. The predicted molar refractivity (Wildman–Crippen MR) is 184 cm³/mol. The molecule has 0 aliphatic heterocycles. The van der Waals surface area contributed by atoms with Gasteiger partial charge in [0.15, 0.2) is 15.6 Å². The van der Waals surface area contributed by atoms with Crippen LogP contribution in [0.5, 0.6) is 5.75 Å². The van der Waals surface area contributed by atoms with Crippen molar-refractivity contribution in [2.75, 3.05) is 36.6 Å². The number of anilines is 1. The van der Waals surface area contributed by atoms with Gasteiger partial charge in [0.05, 0.1) is 40.9 Å². The summed E-state index contributed by atoms with van der Waals surface area (Å²) in [4.78, 5) is 20.5. The number of hydrogen-bond donors (Lipinski definition) is 2. The molecule has 4 rings (SSSR count). The van der Waals surface area contributed by atoms with Crippen LogP contribution in [-0.2, 0) is 46.1 Å². The molecule has 1 fully saturated rings. The summed E-state index contributed by atoms with van der Waals surface area (Å²) in [5.41, 5.74) is -4.17. The lowest BCUT2D eigenvalue weighted by Crippen LogP contribution is -2.30. The summed E-state index contributed by atoms with van der Waals surface area (Å²) in [6.45, 7) is 1.43. The number of benzene rings is 2. The Morgan fingerprint density at radius 2 is 1.44 bits per heavy atom. The van der Waals surface area contributed by atoms with E-state index in [1.54, 1.807) is 0 Å². The van der Waals surface area contributed by atoms with E-state index in [0.29, 0.717) is 30.8 Å². The first-order chi connectivity index (χ1) is 25.5. The van der Waals surface area contributed by atoms with Gasteiger partial charge in [-0.2, -0.15) is 39.5 Å². The number of alkyl halides is 9. The number of nitrogens with zero attached hydrogens (tertiary/aromatic N) is 3. The summed E-state index contributed by atoms with van der Waals surface area (Å²) in [5.74, 6) is -1.10. The minimum Gasteiger partial charge on any atom is -0.489 e. The van der Waals surface area contributed by atoms with Crippen LogP contribution in [0.3, 0.4) is 0 Å². The second kappa shape index (κ2) is 17.8. The van der Waals surface area contributed by atoms with Crippen molar-refractivity contribution < 1.29 is 62.6 Å². The van der Waals surface area contributed by atoms with Crippen LogP contribution in [0.1, 0.15) is 78.5 Å². The van der Waals surface area contributed by atoms with Crippen molar-refractivity contribution in [1.29, 1.82) is 0 Å². The fraction of sp³-hybridized carbons (Fsp3) is 0.528. The summed E-state index contributed by atoms with van der Waals surface area (Å²) in [7, 11) is -3.40. The Balaban J connectivity index is 1.67. The Labute approximate surface area is 312 Å². The lowest BCUT2D eigenvalue weighted by molar-refractivity contribution is -0.143. The molecule has 2 aromatic carbocycles. The van der Waals surface area contributed by atoms with Gasteiger partial charge in [0.2, 0.25) is 5.95 Å². The fourth-order valence-electron chi connectivity index (χ4n) is 6.42. The van der Waals surface area contributed by atoms with Gasteiger partial charge in [-0.05, 0) is 111 Å². The summed E-state index contributed by atoms with van der Waals surface area (Å²) >= 11 is 0. The van der Waals surface area contributed by atoms with Crippen molar-refractivity contribution in [2.45, 2.75) is 76.6 Å². The maximum absolute atomic E-state index is 14.0. The van der Waals surface area contributed by atoms with E-state index < -0.39 is 69.2 Å². The molecule has 1 atom stereocenters. The SMILES string of the molecule is CC(c1cc(C(F)(F)F)cc(C(F)(F)F)c1)N(Cc1cc(C(F)(F)F)ccc1CCNCC1CCC(CC(=O)O)CC1)c1ncc(OCCS(C)(=O)=O)cn1. The van der Waals surface area contributed by atoms with Crippen molar-refractivity contribution in [3.05, 3.63) is 82.2 Å². The quantitative estimate of drug-likeness (QED) is 0.109. The van der Waals surface area contributed by atoms with Crippen LogP contribution in [0.25, 0.3) is 0 Å². The van der Waals surface area contributed by atoms with E-state index in [9.17, 15) is 52.7 Å². The van der Waals surface area contributed by atoms with Crippen molar-refractivity contribution in [1.82, 2.24) is 15.3 Å². The van der Waals surface area contributed by atoms with Gasteiger partial charge in [-0.1, -0.05) is 6.07 Å². The minimum absolute atomic E-state index is 0.0142. The Morgan fingerprint density at radius 1 is 0.873 bits per heavy atom. The predicted octanol–water partition coefficient (Wildman–Crippen LogP) is 8.14. The van der Waals surface area contributed by atoms with Gasteiger partial charge in [0.25, 0.3) is 0 Å². The van der Waals surface area contributed by atoms with Gasteiger partial charge < -0.3 is 20.1 Å². The molecule has 19 heteroatoms. The molecule has 3 aromatic rings. The van der Waals surface area contributed by atoms with E-state index in [-0.39, 0.29) is 60.4 Å². The standard InChI is InChI=1S/C36H41F9N4O5S/c1-22(26-14-29(35(40,41)42)17-30(15-26)36(43,44)45)49(33-47-19-31(20-48-33)54-11-12-55(2,52)53)21-27-16-28(34(37,38)39)8-7-25(27)9-10-46-18-24-5-3-23(4-6-24)13-32(50)51/h7-8,14-17,19-20,22-24,46H,3-6,9-13,18,21H2,1-2H3,(H,50,51). The molecule has 1 saturated carbocycles. The first kappa shape index (κ1) is 43.6. The average molecular weight is 813 g/mol. The van der Waals surface area contributed by atoms with Crippen LogP contribution < -0.4 is 15.0 Å². The zero-order valence-electron chi connectivity index (χ0n) is 29.9. The number of hydrogen-bond acceptors (Lipinski definition) is 8. The second-order valence-corrected chi connectivity index (χ2v) is 16.0. The Morgan fingerprint density at radius 3 is 1.96 bits per heavy atom. The highest BCUT2D eigenvalue weighted by Gasteiger charge is 2.38. The number of carboxylic acid groups (broad SMARTS) is 1. The molecule has 0 amide bonds. The summed E-state index contributed by atoms with van der Waals surface area (Å²) in [6.07, 6.45) is -8.45. The van der Waals surface area contributed by atoms with Crippen LogP contribution in [0.4, 0.5) is 45.5 Å². The lowest BCUT2D eigenvalue weighted by atomic mass is 9.80. The van der Waals surface area contributed by atoms with Crippen LogP contribution in [0, 0.1) is 11.8 Å². The Bertz CT molecular complexity index is 1830. The number of ether oxygens (including phenoxy) is 1. The van der Waals surface area contributed by atoms with Gasteiger partial charge in [-0.3, -0.25) is 4.79 Å². The maximum Gasteiger partial charge on any atom is 0.416 e. The van der Waals surface area contributed by atoms with Crippen LogP contribution in [0.15, 0.2) is 48.8 Å². The molecule has 0 spiro atoms. The molecule has 0 radical (unpaired) electrons. The third-order valence-corrected chi connectivity index (χ3v) is 10.4. The highest BCUT2D eigenvalue weighted by molar-refractivity contribution is 7.90. The average Bonchev–Trinajstić information content (AvgIpc) is 3.08. The summed E-state index contributed by atoms with van der Waals surface area (Å²) in [5, 5.41) is 12.4. The highest BCUT2D eigenvalue weighted by Crippen LogP contribution is 2.40. The van der Waals surface area contributed by atoms with Crippen molar-refractivity contribution in [3.63, 3.8) is 0 Å². The molecule has 1 aliphatic rings. The van der Waals surface area contributed by atoms with E-state index in [1.165, 1.54) is 17.9 Å². The van der Waals surface area contributed by atoms with E-state index >= 15 is 0 Å². The molecular formula is C36H41F9N4O5S. The molecule has 2 N–H and O–H groups in total. The van der Waals surface area contributed by atoms with Gasteiger partial charge >= 0.3 is 24.5 Å². The monoisotopic (exact) mass is 812 g/mol. The molecule has 0 saturated heterocycles. The van der Waals surface area contributed by atoms with Gasteiger partial charge in [0, 0.05) is 19.2 Å². The van der Waals surface area contributed by atoms with Crippen molar-refractivity contribution in [3.8, 4) is 5.75 Å². The second-order valence-electron chi connectivity index (χ2n) is 13.8. The van der Waals surface area contributed by atoms with Crippen LogP contribution in [0.2, 0.25) is 0 Å².